The largest absolute Gasteiger partial charge is 0.324 e. The van der Waals surface area contributed by atoms with Crippen LogP contribution in [-0.4, -0.2) is 21.9 Å². The highest BCUT2D eigenvalue weighted by molar-refractivity contribution is 7.98. The molecule has 0 aliphatic carbocycles. The first-order valence-corrected chi connectivity index (χ1v) is 21.1. The van der Waals surface area contributed by atoms with Crippen molar-refractivity contribution in [1.29, 1.82) is 0 Å². The van der Waals surface area contributed by atoms with Crippen molar-refractivity contribution in [3.05, 3.63) is 177 Å². The van der Waals surface area contributed by atoms with Crippen LogP contribution in [0.1, 0.15) is 60.3 Å². The lowest BCUT2D eigenvalue weighted by Crippen LogP contribution is -2.31. The molecule has 8 nitrogen and oxygen atoms in total. The molecule has 0 saturated heterocycles. The van der Waals surface area contributed by atoms with E-state index in [1.807, 2.05) is 38.1 Å². The van der Waals surface area contributed by atoms with E-state index in [1.54, 1.807) is 19.1 Å². The highest BCUT2D eigenvalue weighted by Crippen LogP contribution is 2.41. The predicted octanol–water partition coefficient (Wildman–Crippen LogP) is 11.8. The van der Waals surface area contributed by atoms with Gasteiger partial charge in [-0.25, -0.2) is 36.3 Å². The number of nitrogens with zero attached hydrogens (tertiary/aromatic N) is 4. The number of benzene rings is 4. The number of fused-ring (bicyclic) bond motifs is 2. The number of pyridine rings is 2. The Bertz CT molecular complexity index is 2560. The lowest BCUT2D eigenvalue weighted by Gasteiger charge is -2.26. The fourth-order valence-corrected chi connectivity index (χ4v) is 7.98. The zero-order valence-corrected chi connectivity index (χ0v) is 35.4. The predicted molar refractivity (Wildman–Crippen MR) is 233 cm³/mol. The number of halogens is 7. The maximum Gasteiger partial charge on any atom is 0.206 e. The summed E-state index contributed by atoms with van der Waals surface area (Å²) >= 11 is 8.60. The van der Waals surface area contributed by atoms with Crippen molar-refractivity contribution < 1.29 is 26.3 Å². The third kappa shape index (κ3) is 11.0. The Balaban J connectivity index is 0.000000196. The minimum Gasteiger partial charge on any atom is -0.324 e. The second-order valence-corrected chi connectivity index (χ2v) is 15.1. The van der Waals surface area contributed by atoms with Gasteiger partial charge in [-0.3, -0.25) is 19.4 Å². The van der Waals surface area contributed by atoms with Gasteiger partial charge in [0.05, 0.1) is 45.6 Å². The highest BCUT2D eigenvalue weighted by Gasteiger charge is 2.29. The molecule has 1 atom stereocenters. The van der Waals surface area contributed by atoms with Gasteiger partial charge >= 0.3 is 0 Å². The number of aromatic nitrogens is 2. The van der Waals surface area contributed by atoms with Crippen LogP contribution in [0.2, 0.25) is 5.02 Å². The monoisotopic (exact) mass is 892 g/mol. The molecule has 0 amide bonds. The van der Waals surface area contributed by atoms with Gasteiger partial charge in [-0.05, 0) is 102 Å². The van der Waals surface area contributed by atoms with Crippen LogP contribution < -0.4 is 20.1 Å². The standard InChI is InChI=1S/C21H17ClF2N4S.C21H16F4N4S.C2H6/c22-15-5-2-1-4-13(15)7-8-14-16(23)9-10-19-20(14)27-21(28-29-19)26-12-18-17(24)6-3-11-25-18;1-11(12-5-2-3-6-13(12)22)18-19(25)15(24)9-17-20(18)28-21(29-30-17)27-10-16-14(23)7-4-8-26-16;1-2/h1-6,9-11H,7-8,12H2,(H2,26,27,28);2-9,11H,10H2,1H3,(H2,27,28,29);1-2H3. The van der Waals surface area contributed by atoms with E-state index in [9.17, 15) is 26.3 Å². The molecule has 4 aromatic carbocycles. The molecule has 4 N–H and O–H groups in total. The molecule has 2 aliphatic heterocycles. The fourth-order valence-electron chi connectivity index (χ4n) is 6.26. The molecule has 1 unspecified atom stereocenters. The van der Waals surface area contributed by atoms with Gasteiger partial charge in [-0.2, -0.15) is 0 Å². The normalized spacial score (nSPS) is 14.4. The fraction of sp³-hybridized carbons (Fsp3) is 0.182. The molecule has 0 radical (unpaired) electrons. The van der Waals surface area contributed by atoms with Crippen molar-refractivity contribution >= 4 is 58.8 Å². The minimum absolute atomic E-state index is 0.0131. The van der Waals surface area contributed by atoms with Crippen molar-refractivity contribution in [2.75, 3.05) is 10.6 Å². The van der Waals surface area contributed by atoms with Gasteiger partial charge < -0.3 is 10.6 Å². The van der Waals surface area contributed by atoms with E-state index in [0.29, 0.717) is 40.0 Å². The van der Waals surface area contributed by atoms with E-state index in [-0.39, 0.29) is 53.1 Å². The Labute approximate surface area is 363 Å². The number of rotatable bonds is 9. The molecule has 61 heavy (non-hydrogen) atoms. The van der Waals surface area contributed by atoms with Crippen LogP contribution in [0.5, 0.6) is 0 Å². The van der Waals surface area contributed by atoms with Gasteiger partial charge in [-0.15, -0.1) is 0 Å². The summed E-state index contributed by atoms with van der Waals surface area (Å²) < 4.78 is 91.4. The molecule has 17 heteroatoms. The van der Waals surface area contributed by atoms with E-state index in [4.69, 9.17) is 11.6 Å². The van der Waals surface area contributed by atoms with Crippen LogP contribution in [0.3, 0.4) is 0 Å². The number of aliphatic imine (C=N–C) groups is 2. The molecule has 0 fully saturated rings. The minimum atomic E-state index is -1.06. The number of guanidine groups is 2. The maximum atomic E-state index is 14.8. The van der Waals surface area contributed by atoms with Crippen molar-refractivity contribution in [3.63, 3.8) is 0 Å². The molecule has 6 aromatic rings. The molecular formula is C44H39ClF6N8S2. The average Bonchev–Trinajstić information content (AvgIpc) is 3.27. The molecule has 0 saturated carbocycles. The summed E-state index contributed by atoms with van der Waals surface area (Å²) in [7, 11) is 0. The molecule has 2 aliphatic rings. The summed E-state index contributed by atoms with van der Waals surface area (Å²) in [4.78, 5) is 17.8. The topological polar surface area (TPSA) is 98.6 Å². The number of hydrogen-bond acceptors (Lipinski definition) is 6. The van der Waals surface area contributed by atoms with Gasteiger partial charge in [0.25, 0.3) is 0 Å². The molecule has 0 spiro atoms. The quantitative estimate of drug-likeness (QED) is 0.0842. The van der Waals surface area contributed by atoms with Crippen molar-refractivity contribution in [3.8, 4) is 0 Å². The molecule has 316 valence electrons. The van der Waals surface area contributed by atoms with Crippen molar-refractivity contribution in [2.24, 2.45) is 9.98 Å². The molecule has 2 aromatic heterocycles. The van der Waals surface area contributed by atoms with Gasteiger partial charge in [0, 0.05) is 34.5 Å². The zero-order valence-electron chi connectivity index (χ0n) is 33.0. The smallest absolute Gasteiger partial charge is 0.206 e. The number of nitrogens with one attached hydrogen (secondary N) is 4. The van der Waals surface area contributed by atoms with Crippen molar-refractivity contribution in [1.82, 2.24) is 19.4 Å². The summed E-state index contributed by atoms with van der Waals surface area (Å²) in [5, 5.41) is 6.74. The third-order valence-corrected chi connectivity index (χ3v) is 11.4. The van der Waals surface area contributed by atoms with E-state index in [1.165, 1.54) is 72.9 Å². The summed E-state index contributed by atoms with van der Waals surface area (Å²) in [5.74, 6) is -3.91. The maximum absolute atomic E-state index is 14.8. The van der Waals surface area contributed by atoms with E-state index < -0.39 is 35.0 Å². The molecule has 0 bridgehead atoms. The van der Waals surface area contributed by atoms with Crippen LogP contribution in [0.25, 0.3) is 0 Å². The van der Waals surface area contributed by atoms with Crippen molar-refractivity contribution in [2.45, 2.75) is 62.4 Å². The first-order valence-electron chi connectivity index (χ1n) is 19.1. The Morgan fingerprint density at radius 2 is 1.20 bits per heavy atom. The highest BCUT2D eigenvalue weighted by atomic mass is 35.5. The van der Waals surface area contributed by atoms with E-state index in [2.05, 4.69) is 40.0 Å². The van der Waals surface area contributed by atoms with Gasteiger partial charge in [0.15, 0.2) is 11.6 Å². The third-order valence-electron chi connectivity index (χ3n) is 9.29. The Morgan fingerprint density at radius 3 is 1.82 bits per heavy atom. The Morgan fingerprint density at radius 1 is 0.623 bits per heavy atom. The zero-order chi connectivity index (χ0) is 43.5. The van der Waals surface area contributed by atoms with Gasteiger partial charge in [-0.1, -0.05) is 68.8 Å². The van der Waals surface area contributed by atoms with Crippen LogP contribution in [0.15, 0.2) is 123 Å². The molecule has 4 heterocycles. The number of anilines is 2. The van der Waals surface area contributed by atoms with E-state index >= 15 is 0 Å². The summed E-state index contributed by atoms with van der Waals surface area (Å²) in [6.07, 6.45) is 4.07. The van der Waals surface area contributed by atoms with Crippen LogP contribution in [0, 0.1) is 34.9 Å². The van der Waals surface area contributed by atoms with Crippen LogP contribution in [-0.2, 0) is 25.9 Å². The Hall–Kier alpha value is -5.71. The number of aryl methyl sites for hydroxylation is 1. The summed E-state index contributed by atoms with van der Waals surface area (Å²) in [6.45, 7) is 5.62. The summed E-state index contributed by atoms with van der Waals surface area (Å²) in [6, 6.07) is 23.4. The van der Waals surface area contributed by atoms with Gasteiger partial charge in [0.2, 0.25) is 11.9 Å². The summed E-state index contributed by atoms with van der Waals surface area (Å²) in [5.41, 5.74) is 3.10. The number of hydrogen-bond donors (Lipinski definition) is 4. The SMILES string of the molecule is CC.CC(c1ccccc1F)c1c(F)c(F)cc2c1NC(=NCc1ncccc1F)NS2.Fc1cccnc1CN=C1NSc2ccc(F)c(CCc3ccccc3Cl)c2N1. The first kappa shape index (κ1) is 44.8. The first-order chi connectivity index (χ1) is 29.6. The molecular weight excluding hydrogens is 854 g/mol. The lowest BCUT2D eigenvalue weighted by atomic mass is 9.90. The van der Waals surface area contributed by atoms with Gasteiger partial charge in [0.1, 0.15) is 23.3 Å². The van der Waals surface area contributed by atoms with E-state index in [0.717, 1.165) is 28.5 Å². The van der Waals surface area contributed by atoms with Crippen LogP contribution in [0.4, 0.5) is 37.7 Å². The van der Waals surface area contributed by atoms with Crippen LogP contribution >= 0.6 is 35.5 Å². The second-order valence-electron chi connectivity index (χ2n) is 13.0. The molecule has 8 rings (SSSR count). The Kier molecular flexibility index (Phi) is 15.6. The lowest BCUT2D eigenvalue weighted by molar-refractivity contribution is 0.491. The second kappa shape index (κ2) is 21.2. The average molecular weight is 893 g/mol.